The molecular weight excluding hydrogens is 344 g/mol. The van der Waals surface area contributed by atoms with Gasteiger partial charge in [0.05, 0.1) is 32.1 Å². The standard InChI is InChI=1S/C20H32N4O3/c1-19(2,3)17-6-18(22-14-21-17)24-9-15-7-23(8-16(15)10-24)11-20(25)12-26-4-5-27-13-20/h6,14-16,25H,4-5,7-13H2,1-3H3. The summed E-state index contributed by atoms with van der Waals surface area (Å²) in [6.45, 7) is 13.1. The van der Waals surface area contributed by atoms with Crippen molar-refractivity contribution in [3.63, 3.8) is 0 Å². The van der Waals surface area contributed by atoms with Gasteiger partial charge >= 0.3 is 0 Å². The van der Waals surface area contributed by atoms with Crippen LogP contribution in [-0.4, -0.2) is 84.7 Å². The maximum absolute atomic E-state index is 10.8. The Hall–Kier alpha value is -1.28. The quantitative estimate of drug-likeness (QED) is 0.841. The van der Waals surface area contributed by atoms with Crippen molar-refractivity contribution in [2.45, 2.75) is 31.8 Å². The third-order valence-electron chi connectivity index (χ3n) is 5.94. The number of fused-ring (bicyclic) bond motifs is 1. The van der Waals surface area contributed by atoms with E-state index in [2.05, 4.69) is 46.6 Å². The highest BCUT2D eigenvalue weighted by atomic mass is 16.6. The first-order valence-corrected chi connectivity index (χ1v) is 10.0. The van der Waals surface area contributed by atoms with Crippen LogP contribution in [0.4, 0.5) is 5.82 Å². The Morgan fingerprint density at radius 2 is 1.70 bits per heavy atom. The van der Waals surface area contributed by atoms with Crippen LogP contribution in [0.15, 0.2) is 12.4 Å². The van der Waals surface area contributed by atoms with Crippen molar-refractivity contribution in [3.05, 3.63) is 18.1 Å². The van der Waals surface area contributed by atoms with Gasteiger partial charge in [0.1, 0.15) is 17.7 Å². The summed E-state index contributed by atoms with van der Waals surface area (Å²) in [5.74, 6) is 2.28. The molecule has 1 aromatic rings. The van der Waals surface area contributed by atoms with Crippen LogP contribution in [0.25, 0.3) is 0 Å². The van der Waals surface area contributed by atoms with E-state index in [1.165, 1.54) is 0 Å². The molecule has 3 saturated heterocycles. The molecule has 2 unspecified atom stereocenters. The third-order valence-corrected chi connectivity index (χ3v) is 5.94. The molecule has 2 atom stereocenters. The van der Waals surface area contributed by atoms with Crippen molar-refractivity contribution in [2.75, 3.05) is 64.1 Å². The highest BCUT2D eigenvalue weighted by molar-refractivity contribution is 5.42. The molecule has 0 aromatic carbocycles. The molecule has 0 aliphatic carbocycles. The van der Waals surface area contributed by atoms with Gasteiger partial charge in [-0.1, -0.05) is 20.8 Å². The Morgan fingerprint density at radius 3 is 2.30 bits per heavy atom. The lowest BCUT2D eigenvalue weighted by atomic mass is 9.92. The molecule has 3 fully saturated rings. The molecule has 1 N–H and O–H groups in total. The second-order valence-electron chi connectivity index (χ2n) is 9.46. The molecule has 0 radical (unpaired) electrons. The summed E-state index contributed by atoms with van der Waals surface area (Å²) in [7, 11) is 0. The summed E-state index contributed by atoms with van der Waals surface area (Å²) in [6, 6.07) is 2.14. The molecule has 7 nitrogen and oxygen atoms in total. The summed E-state index contributed by atoms with van der Waals surface area (Å²) in [5, 5.41) is 10.8. The number of hydrogen-bond acceptors (Lipinski definition) is 7. The van der Waals surface area contributed by atoms with E-state index < -0.39 is 5.60 Å². The molecular formula is C20H32N4O3. The Morgan fingerprint density at radius 1 is 1.07 bits per heavy atom. The number of anilines is 1. The van der Waals surface area contributed by atoms with E-state index in [0.29, 0.717) is 44.8 Å². The van der Waals surface area contributed by atoms with Crippen LogP contribution in [-0.2, 0) is 14.9 Å². The molecule has 4 rings (SSSR count). The van der Waals surface area contributed by atoms with Crippen LogP contribution in [0.5, 0.6) is 0 Å². The number of aromatic nitrogens is 2. The van der Waals surface area contributed by atoms with E-state index in [9.17, 15) is 5.11 Å². The van der Waals surface area contributed by atoms with Crippen molar-refractivity contribution in [2.24, 2.45) is 11.8 Å². The molecule has 27 heavy (non-hydrogen) atoms. The Kier molecular flexibility index (Phi) is 5.14. The summed E-state index contributed by atoms with van der Waals surface area (Å²) in [4.78, 5) is 13.8. The largest absolute Gasteiger partial charge is 0.384 e. The first-order chi connectivity index (χ1) is 12.8. The molecule has 3 aliphatic rings. The highest BCUT2D eigenvalue weighted by Crippen LogP contribution is 2.34. The minimum atomic E-state index is -0.886. The number of likely N-dealkylation sites (tertiary alicyclic amines) is 1. The molecule has 4 heterocycles. The SMILES string of the molecule is CC(C)(C)c1cc(N2CC3CN(CC4(O)COCCOC4)CC3C2)ncn1. The van der Waals surface area contributed by atoms with Gasteiger partial charge in [-0.15, -0.1) is 0 Å². The van der Waals surface area contributed by atoms with Gasteiger partial charge in [-0.25, -0.2) is 9.97 Å². The predicted molar refractivity (Wildman–Crippen MR) is 103 cm³/mol. The molecule has 0 bridgehead atoms. The zero-order valence-corrected chi connectivity index (χ0v) is 16.7. The van der Waals surface area contributed by atoms with Gasteiger partial charge in [0, 0.05) is 44.2 Å². The van der Waals surface area contributed by atoms with E-state index in [0.717, 1.165) is 37.7 Å². The minimum absolute atomic E-state index is 0.0301. The number of nitrogens with zero attached hydrogens (tertiary/aromatic N) is 4. The van der Waals surface area contributed by atoms with Gasteiger partial charge in [0.25, 0.3) is 0 Å². The van der Waals surface area contributed by atoms with E-state index in [4.69, 9.17) is 9.47 Å². The first-order valence-electron chi connectivity index (χ1n) is 10.0. The van der Waals surface area contributed by atoms with Gasteiger partial charge in [-0.2, -0.15) is 0 Å². The summed E-state index contributed by atoms with van der Waals surface area (Å²) >= 11 is 0. The van der Waals surface area contributed by atoms with Crippen LogP contribution >= 0.6 is 0 Å². The Balaban J connectivity index is 1.36. The van der Waals surface area contributed by atoms with Crippen molar-refractivity contribution >= 4 is 5.82 Å². The van der Waals surface area contributed by atoms with Crippen molar-refractivity contribution in [1.82, 2.24) is 14.9 Å². The van der Waals surface area contributed by atoms with Crippen molar-refractivity contribution in [1.29, 1.82) is 0 Å². The van der Waals surface area contributed by atoms with E-state index in [1.807, 2.05) is 0 Å². The second-order valence-corrected chi connectivity index (χ2v) is 9.46. The second kappa shape index (κ2) is 7.28. The zero-order valence-electron chi connectivity index (χ0n) is 16.7. The lowest BCUT2D eigenvalue weighted by Crippen LogP contribution is -2.49. The predicted octanol–water partition coefficient (Wildman–Crippen LogP) is 0.920. The number of rotatable bonds is 3. The molecule has 1 aromatic heterocycles. The highest BCUT2D eigenvalue weighted by Gasteiger charge is 2.43. The van der Waals surface area contributed by atoms with Crippen LogP contribution < -0.4 is 4.90 Å². The molecule has 0 spiro atoms. The van der Waals surface area contributed by atoms with Crippen molar-refractivity contribution in [3.8, 4) is 0 Å². The van der Waals surface area contributed by atoms with Crippen LogP contribution in [0.2, 0.25) is 0 Å². The van der Waals surface area contributed by atoms with Gasteiger partial charge in [-0.3, -0.25) is 4.90 Å². The fourth-order valence-corrected chi connectivity index (χ4v) is 4.53. The van der Waals surface area contributed by atoms with E-state index in [1.54, 1.807) is 6.33 Å². The topological polar surface area (TPSA) is 71.0 Å². The van der Waals surface area contributed by atoms with Crippen LogP contribution in [0.3, 0.4) is 0 Å². The normalized spacial score (nSPS) is 29.0. The van der Waals surface area contributed by atoms with Crippen LogP contribution in [0, 0.1) is 11.8 Å². The molecule has 150 valence electrons. The summed E-state index contributed by atoms with van der Waals surface area (Å²) in [5.41, 5.74) is 0.229. The average molecular weight is 377 g/mol. The average Bonchev–Trinajstić information content (AvgIpc) is 3.08. The molecule has 3 aliphatic heterocycles. The number of β-amino-alcohol motifs (C(OH)–C–C–N with tert-alkyl or cyclic N) is 1. The lowest BCUT2D eigenvalue weighted by Gasteiger charge is -2.31. The van der Waals surface area contributed by atoms with E-state index in [-0.39, 0.29) is 5.41 Å². The van der Waals surface area contributed by atoms with Crippen molar-refractivity contribution < 1.29 is 14.6 Å². The monoisotopic (exact) mass is 376 g/mol. The maximum Gasteiger partial charge on any atom is 0.132 e. The van der Waals surface area contributed by atoms with Gasteiger partial charge in [0.2, 0.25) is 0 Å². The zero-order chi connectivity index (χ0) is 19.1. The lowest BCUT2D eigenvalue weighted by molar-refractivity contribution is -0.0719. The fourth-order valence-electron chi connectivity index (χ4n) is 4.53. The Bertz CT molecular complexity index is 641. The summed E-state index contributed by atoms with van der Waals surface area (Å²) < 4.78 is 11.0. The fraction of sp³-hybridized carbons (Fsp3) is 0.800. The molecule has 7 heteroatoms. The van der Waals surface area contributed by atoms with Crippen LogP contribution in [0.1, 0.15) is 26.5 Å². The minimum Gasteiger partial charge on any atom is -0.384 e. The van der Waals surface area contributed by atoms with E-state index >= 15 is 0 Å². The third kappa shape index (κ3) is 4.26. The number of ether oxygens (including phenoxy) is 2. The Labute approximate surface area is 161 Å². The molecule has 0 saturated carbocycles. The van der Waals surface area contributed by atoms with Gasteiger partial charge < -0.3 is 19.5 Å². The maximum atomic E-state index is 10.8. The smallest absolute Gasteiger partial charge is 0.132 e. The van der Waals surface area contributed by atoms with Gasteiger partial charge in [-0.05, 0) is 11.8 Å². The number of hydrogen-bond donors (Lipinski definition) is 1. The summed E-state index contributed by atoms with van der Waals surface area (Å²) in [6.07, 6.45) is 1.69. The number of aliphatic hydroxyl groups is 1. The van der Waals surface area contributed by atoms with Gasteiger partial charge in [0.15, 0.2) is 0 Å². The molecule has 0 amide bonds. The first kappa shape index (κ1) is 19.1.